The number of allylic oxidation sites excluding steroid dienone is 5. The van der Waals surface area contributed by atoms with Crippen LogP contribution >= 0.6 is 11.8 Å². The van der Waals surface area contributed by atoms with E-state index in [0.717, 1.165) is 44.6 Å². The Morgan fingerprint density at radius 2 is 1.81 bits per heavy atom. The number of alkyl halides is 1. The SMILES string of the molecule is C=C(C)[C@@H]1CC[C@]2(NCCN3CCSCC3C(=O)O)CC[C@]3(C)[C@H](CC[C@@H]4[C@@]5(C)CC=C(/C(=C/C[C@@H](CF)C(=O)O)CCC)C(C)(C)[C@@H]5CC[C@]43C)[C@@H]12. The molecule has 6 rings (SSSR count). The van der Waals surface area contributed by atoms with E-state index in [9.17, 15) is 24.2 Å². The molecule has 3 N–H and O–H groups in total. The highest BCUT2D eigenvalue weighted by atomic mass is 32.2. The Kier molecular flexibility index (Phi) is 11.9. The fourth-order valence-corrected chi connectivity index (χ4v) is 15.4. The van der Waals surface area contributed by atoms with Gasteiger partial charge in [-0.25, -0.2) is 0 Å². The van der Waals surface area contributed by atoms with Crippen molar-refractivity contribution < 1.29 is 24.2 Å². The molecule has 6 aliphatic rings. The summed E-state index contributed by atoms with van der Waals surface area (Å²) in [7, 11) is 0. The summed E-state index contributed by atoms with van der Waals surface area (Å²) >= 11 is 1.76. The van der Waals surface area contributed by atoms with Crippen LogP contribution in [-0.2, 0) is 9.59 Å². The maximum Gasteiger partial charge on any atom is 0.321 e. The molecular formula is C45H71FN2O4S. The molecule has 0 aromatic heterocycles. The van der Waals surface area contributed by atoms with Crippen LogP contribution in [0, 0.1) is 57.2 Å². The van der Waals surface area contributed by atoms with Gasteiger partial charge in [0.25, 0.3) is 0 Å². The van der Waals surface area contributed by atoms with Crippen LogP contribution in [0.5, 0.6) is 0 Å². The van der Waals surface area contributed by atoms with Gasteiger partial charge in [-0.3, -0.25) is 18.9 Å². The standard InChI is InChI=1S/C45H71FN2O4S/c1-9-10-30(11-12-31(27-46)39(49)50)33-16-18-42(6)36(41(33,4)5)17-19-44(8)37(42)14-13-34-38-32(29(2)3)15-20-45(38,22-21-43(34,44)7)47-23-24-48-25-26-53-28-35(48)40(51)52/h11,16,31-32,34-38,47H,2,9-10,12-15,17-28H2,1,3-8H3,(H,49,50)(H,51,52)/b30-11+/t31-,32-,34+,35?,36-,37+,38+,42-,43+,44+,45-/m0/s1. The molecule has 1 heterocycles. The average molecular weight is 755 g/mol. The first kappa shape index (κ1) is 41.0. The van der Waals surface area contributed by atoms with Crippen LogP contribution in [0.25, 0.3) is 0 Å². The predicted octanol–water partition coefficient (Wildman–Crippen LogP) is 9.81. The van der Waals surface area contributed by atoms with Crippen LogP contribution in [0.15, 0.2) is 35.5 Å². The van der Waals surface area contributed by atoms with E-state index in [1.54, 1.807) is 11.8 Å². The largest absolute Gasteiger partial charge is 0.481 e. The first-order chi connectivity index (χ1) is 25.0. The smallest absolute Gasteiger partial charge is 0.321 e. The highest BCUT2D eigenvalue weighted by Crippen LogP contribution is 2.76. The third-order valence-electron chi connectivity index (χ3n) is 17.1. The number of fused-ring (bicyclic) bond motifs is 7. The summed E-state index contributed by atoms with van der Waals surface area (Å²) in [5.74, 6) is 1.86. The van der Waals surface area contributed by atoms with Gasteiger partial charge in [-0.2, -0.15) is 11.8 Å². The molecule has 5 aliphatic carbocycles. The summed E-state index contributed by atoms with van der Waals surface area (Å²) in [5.41, 5.74) is 4.65. The Labute approximate surface area is 324 Å². The third kappa shape index (κ3) is 6.83. The number of rotatable bonds is 13. The lowest BCUT2D eigenvalue weighted by Crippen LogP contribution is -2.68. The highest BCUT2D eigenvalue weighted by molar-refractivity contribution is 7.99. The zero-order chi connectivity index (χ0) is 38.6. The molecule has 1 aliphatic heterocycles. The molecule has 0 aromatic carbocycles. The summed E-state index contributed by atoms with van der Waals surface area (Å²) in [4.78, 5) is 25.9. The number of nitrogens with one attached hydrogen (secondary N) is 1. The lowest BCUT2D eigenvalue weighted by atomic mass is 9.33. The van der Waals surface area contributed by atoms with Gasteiger partial charge >= 0.3 is 11.9 Å². The van der Waals surface area contributed by atoms with Crippen molar-refractivity contribution in [2.24, 2.45) is 57.2 Å². The van der Waals surface area contributed by atoms with Crippen LogP contribution < -0.4 is 5.32 Å². The molecule has 298 valence electrons. The minimum absolute atomic E-state index is 0.0453. The van der Waals surface area contributed by atoms with Crippen molar-refractivity contribution in [1.29, 1.82) is 0 Å². The third-order valence-corrected chi connectivity index (χ3v) is 18.1. The Hall–Kier alpha value is -1.64. The quantitative estimate of drug-likeness (QED) is 0.161. The maximum atomic E-state index is 13.6. The first-order valence-corrected chi connectivity index (χ1v) is 22.3. The van der Waals surface area contributed by atoms with Gasteiger partial charge in [-0.15, -0.1) is 0 Å². The van der Waals surface area contributed by atoms with Gasteiger partial charge in [0.1, 0.15) is 12.7 Å². The van der Waals surface area contributed by atoms with Crippen LogP contribution in [-0.4, -0.2) is 76.4 Å². The van der Waals surface area contributed by atoms with Gasteiger partial charge in [-0.05, 0) is 140 Å². The molecule has 11 atom stereocenters. The van der Waals surface area contributed by atoms with Crippen LogP contribution in [0.4, 0.5) is 4.39 Å². The summed E-state index contributed by atoms with van der Waals surface area (Å²) in [6, 6.07) is -0.382. The topological polar surface area (TPSA) is 89.9 Å². The molecule has 0 bridgehead atoms. The maximum absolute atomic E-state index is 13.6. The molecule has 0 spiro atoms. The Morgan fingerprint density at radius 3 is 2.47 bits per heavy atom. The Bertz CT molecular complexity index is 1480. The summed E-state index contributed by atoms with van der Waals surface area (Å²) in [5, 5.41) is 23.7. The molecule has 5 fully saturated rings. The van der Waals surface area contributed by atoms with E-state index in [-0.39, 0.29) is 39.7 Å². The normalized spacial score (nSPS) is 41.7. The number of carbonyl (C=O) groups is 2. The van der Waals surface area contributed by atoms with Crippen molar-refractivity contribution in [2.45, 2.75) is 137 Å². The summed E-state index contributed by atoms with van der Waals surface area (Å²) in [6.07, 6.45) is 17.6. The van der Waals surface area contributed by atoms with Gasteiger partial charge in [0.2, 0.25) is 0 Å². The predicted molar refractivity (Wildman–Crippen MR) is 216 cm³/mol. The highest BCUT2D eigenvalue weighted by Gasteiger charge is 2.70. The van der Waals surface area contributed by atoms with Gasteiger partial charge in [-0.1, -0.05) is 72.3 Å². The second kappa shape index (κ2) is 15.4. The Balaban J connectivity index is 1.26. The van der Waals surface area contributed by atoms with Crippen molar-refractivity contribution in [2.75, 3.05) is 37.8 Å². The molecule has 53 heavy (non-hydrogen) atoms. The van der Waals surface area contributed by atoms with Crippen LogP contribution in [0.3, 0.4) is 0 Å². The number of carboxylic acids is 2. The molecule has 0 aromatic rings. The molecule has 1 unspecified atom stereocenters. The average Bonchev–Trinajstić information content (AvgIpc) is 3.48. The fraction of sp³-hybridized carbons (Fsp3) is 0.822. The molecular weight excluding hydrogens is 684 g/mol. The molecule has 4 saturated carbocycles. The number of thioether (sulfide) groups is 1. The molecule has 6 nitrogen and oxygen atoms in total. The van der Waals surface area contributed by atoms with Crippen LogP contribution in [0.1, 0.15) is 126 Å². The lowest BCUT2D eigenvalue weighted by Gasteiger charge is -2.72. The van der Waals surface area contributed by atoms with Crippen molar-refractivity contribution in [3.63, 3.8) is 0 Å². The number of halogens is 1. The number of hydrogen-bond acceptors (Lipinski definition) is 5. The zero-order valence-corrected chi connectivity index (χ0v) is 34.9. The molecule has 1 saturated heterocycles. The minimum Gasteiger partial charge on any atom is -0.481 e. The summed E-state index contributed by atoms with van der Waals surface area (Å²) < 4.78 is 13.6. The number of carboxylic acid groups (broad SMARTS) is 2. The second-order valence-corrected chi connectivity index (χ2v) is 20.8. The van der Waals surface area contributed by atoms with E-state index in [0.29, 0.717) is 35.3 Å². The Morgan fingerprint density at radius 1 is 1.06 bits per heavy atom. The fourth-order valence-electron chi connectivity index (χ4n) is 14.3. The first-order valence-electron chi connectivity index (χ1n) is 21.1. The van der Waals surface area contributed by atoms with E-state index < -0.39 is 24.5 Å². The van der Waals surface area contributed by atoms with Gasteiger partial charge in [0.05, 0.1) is 5.92 Å². The number of hydrogen-bond donors (Lipinski definition) is 3. The monoisotopic (exact) mass is 755 g/mol. The number of aliphatic carboxylic acids is 2. The zero-order valence-electron chi connectivity index (χ0n) is 34.1. The number of nitrogens with zero attached hydrogens (tertiary/aromatic N) is 1. The van der Waals surface area contributed by atoms with Crippen molar-refractivity contribution in [3.8, 4) is 0 Å². The van der Waals surface area contributed by atoms with Gasteiger partial charge < -0.3 is 15.5 Å². The molecule has 8 heteroatoms. The second-order valence-electron chi connectivity index (χ2n) is 19.7. The van der Waals surface area contributed by atoms with E-state index >= 15 is 0 Å². The molecule has 0 amide bonds. The van der Waals surface area contributed by atoms with Crippen LogP contribution in [0.2, 0.25) is 0 Å². The van der Waals surface area contributed by atoms with Gasteiger partial charge in [0.15, 0.2) is 0 Å². The van der Waals surface area contributed by atoms with Crippen molar-refractivity contribution >= 4 is 23.7 Å². The van der Waals surface area contributed by atoms with Crippen molar-refractivity contribution in [3.05, 3.63) is 35.5 Å². The van der Waals surface area contributed by atoms with E-state index in [4.69, 9.17) is 0 Å². The summed E-state index contributed by atoms with van der Waals surface area (Å²) in [6.45, 7) is 23.6. The van der Waals surface area contributed by atoms with E-state index in [1.807, 2.05) is 0 Å². The van der Waals surface area contributed by atoms with E-state index in [1.165, 1.54) is 68.1 Å². The van der Waals surface area contributed by atoms with E-state index in [2.05, 4.69) is 77.4 Å². The minimum atomic E-state index is -1.05. The molecule has 0 radical (unpaired) electrons. The van der Waals surface area contributed by atoms with Gasteiger partial charge in [0, 0.05) is 36.7 Å². The lowest BCUT2D eigenvalue weighted by molar-refractivity contribution is -0.221. The van der Waals surface area contributed by atoms with Crippen molar-refractivity contribution in [1.82, 2.24) is 10.2 Å².